The average molecular weight is 245 g/mol. The van der Waals surface area contributed by atoms with Crippen molar-refractivity contribution in [1.82, 2.24) is 19.9 Å². The monoisotopic (exact) mass is 245 g/mol. The first kappa shape index (κ1) is 11.5. The summed E-state index contributed by atoms with van der Waals surface area (Å²) in [5.74, 6) is 1.47. The van der Waals surface area contributed by atoms with Gasteiger partial charge in [0.25, 0.3) is 0 Å². The van der Waals surface area contributed by atoms with Gasteiger partial charge < -0.3 is 10.6 Å². The lowest BCUT2D eigenvalue weighted by molar-refractivity contribution is 0.389. The van der Waals surface area contributed by atoms with Crippen molar-refractivity contribution in [2.75, 3.05) is 25.0 Å². The van der Waals surface area contributed by atoms with E-state index in [1.807, 2.05) is 16.8 Å². The number of rotatable bonds is 3. The highest BCUT2D eigenvalue weighted by Crippen LogP contribution is 2.14. The van der Waals surface area contributed by atoms with Crippen LogP contribution in [0, 0.1) is 12.8 Å². The topological polar surface area (TPSA) is 54.2 Å². The number of nitrogens with zero attached hydrogens (tertiary/aromatic N) is 3. The van der Waals surface area contributed by atoms with Crippen LogP contribution >= 0.6 is 0 Å². The van der Waals surface area contributed by atoms with Crippen molar-refractivity contribution in [3.63, 3.8) is 0 Å². The first-order valence-corrected chi connectivity index (χ1v) is 6.59. The third-order valence-corrected chi connectivity index (χ3v) is 3.57. The number of aromatic nitrogens is 3. The Bertz CT molecular complexity index is 527. The molecule has 5 heteroatoms. The molecule has 96 valence electrons. The second-order valence-electron chi connectivity index (χ2n) is 4.97. The summed E-state index contributed by atoms with van der Waals surface area (Å²) in [7, 11) is 0. The Morgan fingerprint density at radius 2 is 2.28 bits per heavy atom. The molecule has 18 heavy (non-hydrogen) atoms. The quantitative estimate of drug-likeness (QED) is 0.859. The van der Waals surface area contributed by atoms with Gasteiger partial charge in [-0.3, -0.25) is 0 Å². The minimum absolute atomic E-state index is 0.735. The number of nitrogens with one attached hydrogen (secondary N) is 2. The van der Waals surface area contributed by atoms with E-state index in [0.717, 1.165) is 42.7 Å². The van der Waals surface area contributed by atoms with Crippen LogP contribution in [0.1, 0.15) is 18.4 Å². The number of fused-ring (bicyclic) bond motifs is 1. The van der Waals surface area contributed by atoms with Crippen LogP contribution in [0.3, 0.4) is 0 Å². The lowest BCUT2D eigenvalue weighted by atomic mass is 9.98. The van der Waals surface area contributed by atoms with Crippen molar-refractivity contribution in [1.29, 1.82) is 0 Å². The molecule has 5 nitrogen and oxygen atoms in total. The van der Waals surface area contributed by atoms with Gasteiger partial charge in [-0.25, -0.2) is 4.52 Å². The van der Waals surface area contributed by atoms with Crippen molar-refractivity contribution in [3.05, 3.63) is 23.9 Å². The summed E-state index contributed by atoms with van der Waals surface area (Å²) in [6.07, 6.45) is 4.41. The second-order valence-corrected chi connectivity index (χ2v) is 4.97. The molecule has 2 aromatic rings. The summed E-state index contributed by atoms with van der Waals surface area (Å²) >= 11 is 0. The molecule has 1 fully saturated rings. The number of hydrogen-bond donors (Lipinski definition) is 2. The number of anilines is 1. The zero-order chi connectivity index (χ0) is 12.4. The van der Waals surface area contributed by atoms with Crippen molar-refractivity contribution in [2.45, 2.75) is 19.8 Å². The van der Waals surface area contributed by atoms with Crippen LogP contribution < -0.4 is 10.6 Å². The first-order valence-electron chi connectivity index (χ1n) is 6.59. The Labute approximate surface area is 107 Å². The van der Waals surface area contributed by atoms with E-state index in [9.17, 15) is 0 Å². The Morgan fingerprint density at radius 3 is 3.06 bits per heavy atom. The Kier molecular flexibility index (Phi) is 3.15. The highest BCUT2D eigenvalue weighted by atomic mass is 15.3. The van der Waals surface area contributed by atoms with Crippen LogP contribution in [0.15, 0.2) is 18.3 Å². The van der Waals surface area contributed by atoms with Crippen molar-refractivity contribution < 1.29 is 0 Å². The van der Waals surface area contributed by atoms with Gasteiger partial charge in [0.05, 0.1) is 0 Å². The van der Waals surface area contributed by atoms with Gasteiger partial charge in [-0.05, 0) is 50.4 Å². The lowest BCUT2D eigenvalue weighted by Crippen LogP contribution is -2.31. The summed E-state index contributed by atoms with van der Waals surface area (Å²) in [5.41, 5.74) is 2.09. The first-order chi connectivity index (χ1) is 8.83. The molecule has 3 heterocycles. The van der Waals surface area contributed by atoms with Gasteiger partial charge in [0.2, 0.25) is 5.95 Å². The van der Waals surface area contributed by atoms with Crippen molar-refractivity contribution in [2.24, 2.45) is 5.92 Å². The summed E-state index contributed by atoms with van der Waals surface area (Å²) in [5, 5.41) is 11.2. The fourth-order valence-electron chi connectivity index (χ4n) is 2.44. The van der Waals surface area contributed by atoms with Crippen LogP contribution in [-0.4, -0.2) is 34.2 Å². The third-order valence-electron chi connectivity index (χ3n) is 3.57. The minimum atomic E-state index is 0.735. The maximum Gasteiger partial charge on any atom is 0.243 e. The van der Waals surface area contributed by atoms with Crippen molar-refractivity contribution >= 4 is 11.6 Å². The SMILES string of the molecule is Cc1cccn2nc(NCC3CCNCC3)nc12. The van der Waals surface area contributed by atoms with Crippen LogP contribution in [0.4, 0.5) is 5.95 Å². The van der Waals surface area contributed by atoms with Gasteiger partial charge in [-0.1, -0.05) is 6.07 Å². The van der Waals surface area contributed by atoms with E-state index in [1.165, 1.54) is 12.8 Å². The van der Waals surface area contributed by atoms with Gasteiger partial charge >= 0.3 is 0 Å². The lowest BCUT2D eigenvalue weighted by Gasteiger charge is -2.22. The average Bonchev–Trinajstić information content (AvgIpc) is 2.82. The normalized spacial score (nSPS) is 17.2. The zero-order valence-electron chi connectivity index (χ0n) is 10.7. The van der Waals surface area contributed by atoms with E-state index < -0.39 is 0 Å². The predicted molar refractivity (Wildman–Crippen MR) is 71.8 cm³/mol. The van der Waals surface area contributed by atoms with Gasteiger partial charge in [-0.15, -0.1) is 5.10 Å². The number of piperidine rings is 1. The van der Waals surface area contributed by atoms with E-state index in [4.69, 9.17) is 0 Å². The Balaban J connectivity index is 1.69. The number of hydrogen-bond acceptors (Lipinski definition) is 4. The van der Waals surface area contributed by atoms with Crippen LogP contribution in [-0.2, 0) is 0 Å². The van der Waals surface area contributed by atoms with E-state index >= 15 is 0 Å². The van der Waals surface area contributed by atoms with Crippen LogP contribution in [0.25, 0.3) is 5.65 Å². The molecule has 0 unspecified atom stereocenters. The zero-order valence-corrected chi connectivity index (χ0v) is 10.7. The molecule has 3 rings (SSSR count). The smallest absolute Gasteiger partial charge is 0.243 e. The van der Waals surface area contributed by atoms with Gasteiger partial charge in [0.1, 0.15) is 0 Å². The molecule has 1 saturated heterocycles. The predicted octanol–water partition coefficient (Wildman–Crippen LogP) is 1.45. The molecule has 0 radical (unpaired) electrons. The molecule has 0 aliphatic carbocycles. The highest BCUT2D eigenvalue weighted by molar-refractivity contribution is 5.49. The standard InChI is InChI=1S/C13H19N5/c1-10-3-2-8-18-12(10)16-13(17-18)15-9-11-4-6-14-7-5-11/h2-3,8,11,14H,4-7,9H2,1H3,(H,15,17). The summed E-state index contributed by atoms with van der Waals surface area (Å²) in [6, 6.07) is 4.05. The Hall–Kier alpha value is -1.62. The van der Waals surface area contributed by atoms with Gasteiger partial charge in [0, 0.05) is 12.7 Å². The fourth-order valence-corrected chi connectivity index (χ4v) is 2.44. The van der Waals surface area contributed by atoms with E-state index in [1.54, 1.807) is 0 Å². The molecular weight excluding hydrogens is 226 g/mol. The van der Waals surface area contributed by atoms with E-state index in [-0.39, 0.29) is 0 Å². The molecule has 2 aromatic heterocycles. The molecule has 0 spiro atoms. The summed E-state index contributed by atoms with van der Waals surface area (Å²) < 4.78 is 1.83. The van der Waals surface area contributed by atoms with Crippen molar-refractivity contribution in [3.8, 4) is 0 Å². The summed E-state index contributed by atoms with van der Waals surface area (Å²) in [4.78, 5) is 4.52. The minimum Gasteiger partial charge on any atom is -0.353 e. The second kappa shape index (κ2) is 4.94. The fraction of sp³-hybridized carbons (Fsp3) is 0.538. The molecular formula is C13H19N5. The highest BCUT2D eigenvalue weighted by Gasteiger charge is 2.13. The molecule has 0 bridgehead atoms. The van der Waals surface area contributed by atoms with Crippen LogP contribution in [0.2, 0.25) is 0 Å². The van der Waals surface area contributed by atoms with Gasteiger partial charge in [-0.2, -0.15) is 4.98 Å². The third kappa shape index (κ3) is 2.31. The molecule has 0 saturated carbocycles. The molecule has 0 aromatic carbocycles. The molecule has 1 aliphatic heterocycles. The number of pyridine rings is 1. The summed E-state index contributed by atoms with van der Waals surface area (Å²) in [6.45, 7) is 5.28. The molecule has 0 amide bonds. The maximum atomic E-state index is 4.52. The van der Waals surface area contributed by atoms with Gasteiger partial charge in [0.15, 0.2) is 5.65 Å². The Morgan fingerprint density at radius 1 is 1.44 bits per heavy atom. The maximum absolute atomic E-state index is 4.52. The molecule has 1 aliphatic rings. The molecule has 2 N–H and O–H groups in total. The van der Waals surface area contributed by atoms with E-state index in [2.05, 4.69) is 33.7 Å². The van der Waals surface area contributed by atoms with Crippen LogP contribution in [0.5, 0.6) is 0 Å². The largest absolute Gasteiger partial charge is 0.353 e. The number of aryl methyl sites for hydroxylation is 1. The van der Waals surface area contributed by atoms with E-state index in [0.29, 0.717) is 0 Å². The molecule has 0 atom stereocenters.